The zero-order chi connectivity index (χ0) is 19.2. The topological polar surface area (TPSA) is 32.8 Å². The highest BCUT2D eigenvalue weighted by Gasteiger charge is 2.23. The van der Waals surface area contributed by atoms with Crippen LogP contribution in [0.25, 0.3) is 0 Å². The van der Waals surface area contributed by atoms with Crippen molar-refractivity contribution in [3.63, 3.8) is 0 Å². The van der Waals surface area contributed by atoms with Crippen molar-refractivity contribution in [2.75, 3.05) is 36.1 Å². The Labute approximate surface area is 166 Å². The van der Waals surface area contributed by atoms with E-state index in [4.69, 9.17) is 4.74 Å². The van der Waals surface area contributed by atoms with E-state index in [1.54, 1.807) is 0 Å². The Hall–Kier alpha value is -3.11. The number of nitrogens with zero attached hydrogens (tertiary/aromatic N) is 2. The molecule has 4 heteroatoms. The Kier molecular flexibility index (Phi) is 5.69. The average Bonchev–Trinajstić information content (AvgIpc) is 2.79. The zero-order valence-corrected chi connectivity index (χ0v) is 15.8. The van der Waals surface area contributed by atoms with E-state index < -0.39 is 0 Å². The molecule has 1 fully saturated rings. The highest BCUT2D eigenvalue weighted by atomic mass is 16.5. The van der Waals surface area contributed by atoms with E-state index in [0.717, 1.165) is 30.0 Å². The van der Waals surface area contributed by atoms with E-state index in [1.165, 1.54) is 0 Å². The molecule has 0 saturated carbocycles. The first-order chi connectivity index (χ1) is 13.8. The van der Waals surface area contributed by atoms with Crippen LogP contribution in [0.3, 0.4) is 0 Å². The molecule has 0 aromatic heterocycles. The van der Waals surface area contributed by atoms with Gasteiger partial charge in [0.1, 0.15) is 0 Å². The van der Waals surface area contributed by atoms with Gasteiger partial charge in [-0.25, -0.2) is 0 Å². The van der Waals surface area contributed by atoms with Crippen LogP contribution in [0.1, 0.15) is 15.9 Å². The van der Waals surface area contributed by atoms with Crippen LogP contribution in [0, 0.1) is 0 Å². The quantitative estimate of drug-likeness (QED) is 0.667. The molecule has 28 heavy (non-hydrogen) atoms. The predicted octanol–water partition coefficient (Wildman–Crippen LogP) is 4.37. The fraction of sp³-hybridized carbons (Fsp3) is 0.208. The van der Waals surface area contributed by atoms with Crippen molar-refractivity contribution in [2.24, 2.45) is 0 Å². The van der Waals surface area contributed by atoms with E-state index in [2.05, 4.69) is 23.1 Å². The van der Waals surface area contributed by atoms with E-state index >= 15 is 0 Å². The first-order valence-electron chi connectivity index (χ1n) is 9.65. The number of ether oxygens (including phenoxy) is 1. The molecule has 0 spiro atoms. The molecule has 0 bridgehead atoms. The number of rotatable bonds is 5. The largest absolute Gasteiger partial charge is 0.378 e. The molecule has 3 aromatic rings. The third-order valence-corrected chi connectivity index (χ3v) is 4.97. The zero-order valence-electron chi connectivity index (χ0n) is 15.8. The minimum absolute atomic E-state index is 0.00478. The van der Waals surface area contributed by atoms with Gasteiger partial charge in [0, 0.05) is 18.7 Å². The van der Waals surface area contributed by atoms with Gasteiger partial charge in [0.15, 0.2) is 0 Å². The van der Waals surface area contributed by atoms with Crippen LogP contribution in [0.5, 0.6) is 0 Å². The molecule has 1 heterocycles. The van der Waals surface area contributed by atoms with Crippen LogP contribution < -0.4 is 9.80 Å². The highest BCUT2D eigenvalue weighted by Crippen LogP contribution is 2.32. The van der Waals surface area contributed by atoms with Crippen molar-refractivity contribution in [2.45, 2.75) is 6.54 Å². The fourth-order valence-corrected chi connectivity index (χ4v) is 3.53. The summed E-state index contributed by atoms with van der Waals surface area (Å²) >= 11 is 0. The Balaban J connectivity index is 1.74. The molecular formula is C24H24N2O2. The Morgan fingerprint density at radius 2 is 1.43 bits per heavy atom. The summed E-state index contributed by atoms with van der Waals surface area (Å²) in [5.41, 5.74) is 3.80. The second-order valence-corrected chi connectivity index (χ2v) is 6.83. The lowest BCUT2D eigenvalue weighted by atomic mass is 10.1. The number of carbonyl (C=O) groups is 1. The summed E-state index contributed by atoms with van der Waals surface area (Å²) in [6, 6.07) is 27.8. The number of hydrogen-bond acceptors (Lipinski definition) is 3. The maximum Gasteiger partial charge on any atom is 0.258 e. The highest BCUT2D eigenvalue weighted by molar-refractivity contribution is 6.07. The molecule has 1 aliphatic heterocycles. The van der Waals surface area contributed by atoms with E-state index in [-0.39, 0.29) is 5.91 Å². The van der Waals surface area contributed by atoms with Crippen molar-refractivity contribution >= 4 is 17.3 Å². The molecule has 0 aliphatic carbocycles. The van der Waals surface area contributed by atoms with E-state index in [1.807, 2.05) is 71.6 Å². The Morgan fingerprint density at radius 1 is 0.821 bits per heavy atom. The summed E-state index contributed by atoms with van der Waals surface area (Å²) in [6.07, 6.45) is 0. The van der Waals surface area contributed by atoms with Crippen LogP contribution in [0.4, 0.5) is 11.4 Å². The minimum atomic E-state index is 0.00478. The van der Waals surface area contributed by atoms with Crippen LogP contribution in [-0.2, 0) is 11.3 Å². The van der Waals surface area contributed by atoms with Crippen molar-refractivity contribution in [3.8, 4) is 0 Å². The van der Waals surface area contributed by atoms with Gasteiger partial charge in [0.25, 0.3) is 5.91 Å². The number of benzene rings is 3. The molecule has 3 aromatic carbocycles. The first-order valence-corrected chi connectivity index (χ1v) is 9.65. The number of morpholine rings is 1. The smallest absolute Gasteiger partial charge is 0.258 e. The standard InChI is InChI=1S/C24H24N2O2/c27-24(21-11-5-2-6-12-21)26(19-20-9-3-1-4-10-20)23-14-8-7-13-22(23)25-15-17-28-18-16-25/h1-14H,15-19H2. The lowest BCUT2D eigenvalue weighted by Crippen LogP contribution is -2.38. The van der Waals surface area contributed by atoms with Gasteiger partial charge in [-0.1, -0.05) is 60.7 Å². The first kappa shape index (κ1) is 18.3. The molecule has 0 N–H and O–H groups in total. The van der Waals surface area contributed by atoms with Crippen LogP contribution in [0.2, 0.25) is 0 Å². The second kappa shape index (κ2) is 8.72. The maximum atomic E-state index is 13.5. The normalized spacial score (nSPS) is 13.9. The lowest BCUT2D eigenvalue weighted by molar-refractivity contribution is 0.0985. The molecule has 4 rings (SSSR count). The van der Waals surface area contributed by atoms with Gasteiger partial charge < -0.3 is 14.5 Å². The van der Waals surface area contributed by atoms with Crippen LogP contribution in [-0.4, -0.2) is 32.2 Å². The van der Waals surface area contributed by atoms with E-state index in [9.17, 15) is 4.79 Å². The van der Waals surface area contributed by atoms with Crippen molar-refractivity contribution in [1.29, 1.82) is 0 Å². The van der Waals surface area contributed by atoms with Gasteiger partial charge in [-0.15, -0.1) is 0 Å². The summed E-state index contributed by atoms with van der Waals surface area (Å²) in [7, 11) is 0. The Morgan fingerprint density at radius 3 is 2.14 bits per heavy atom. The summed E-state index contributed by atoms with van der Waals surface area (Å²) in [4.78, 5) is 17.7. The third kappa shape index (κ3) is 4.07. The Bertz CT molecular complexity index is 906. The van der Waals surface area contributed by atoms with E-state index in [0.29, 0.717) is 25.3 Å². The number of carbonyl (C=O) groups excluding carboxylic acids is 1. The molecule has 0 radical (unpaired) electrons. The van der Waals surface area contributed by atoms with Crippen molar-refractivity contribution in [1.82, 2.24) is 0 Å². The number of hydrogen-bond donors (Lipinski definition) is 0. The predicted molar refractivity (Wildman–Crippen MR) is 113 cm³/mol. The van der Waals surface area contributed by atoms with Crippen LogP contribution in [0.15, 0.2) is 84.9 Å². The van der Waals surface area contributed by atoms with Gasteiger partial charge >= 0.3 is 0 Å². The third-order valence-electron chi connectivity index (χ3n) is 4.97. The molecule has 4 nitrogen and oxygen atoms in total. The lowest BCUT2D eigenvalue weighted by Gasteiger charge is -2.33. The summed E-state index contributed by atoms with van der Waals surface area (Å²) < 4.78 is 5.51. The van der Waals surface area contributed by atoms with Crippen molar-refractivity contribution in [3.05, 3.63) is 96.1 Å². The van der Waals surface area contributed by atoms with Crippen LogP contribution >= 0.6 is 0 Å². The maximum absolute atomic E-state index is 13.5. The summed E-state index contributed by atoms with van der Waals surface area (Å²) in [5, 5.41) is 0. The summed E-state index contributed by atoms with van der Waals surface area (Å²) in [6.45, 7) is 3.60. The molecular weight excluding hydrogens is 348 g/mol. The number of para-hydroxylation sites is 2. The SMILES string of the molecule is O=C(c1ccccc1)N(Cc1ccccc1)c1ccccc1N1CCOCC1. The molecule has 1 saturated heterocycles. The van der Waals surface area contributed by atoms with Gasteiger partial charge in [0.2, 0.25) is 0 Å². The summed E-state index contributed by atoms with van der Waals surface area (Å²) in [5.74, 6) is 0.00478. The molecule has 0 unspecified atom stereocenters. The van der Waals surface area contributed by atoms with Gasteiger partial charge in [-0.05, 0) is 29.8 Å². The molecule has 1 amide bonds. The van der Waals surface area contributed by atoms with Gasteiger partial charge in [-0.3, -0.25) is 4.79 Å². The monoisotopic (exact) mass is 372 g/mol. The molecule has 0 atom stereocenters. The molecule has 142 valence electrons. The number of amides is 1. The van der Waals surface area contributed by atoms with Crippen molar-refractivity contribution < 1.29 is 9.53 Å². The minimum Gasteiger partial charge on any atom is -0.378 e. The van der Waals surface area contributed by atoms with Gasteiger partial charge in [-0.2, -0.15) is 0 Å². The number of anilines is 2. The fourth-order valence-electron chi connectivity index (χ4n) is 3.53. The second-order valence-electron chi connectivity index (χ2n) is 6.83. The van der Waals surface area contributed by atoms with Gasteiger partial charge in [0.05, 0.1) is 31.1 Å². The average molecular weight is 372 g/mol. The molecule has 1 aliphatic rings.